The first-order valence-corrected chi connectivity index (χ1v) is 8.24. The van der Waals surface area contributed by atoms with Gasteiger partial charge in [0.25, 0.3) is 5.91 Å². The van der Waals surface area contributed by atoms with Crippen LogP contribution in [0.15, 0.2) is 47.1 Å². The molecule has 0 spiro atoms. The van der Waals surface area contributed by atoms with E-state index in [9.17, 15) is 9.59 Å². The van der Waals surface area contributed by atoms with Crippen LogP contribution in [0, 0.1) is 0 Å². The van der Waals surface area contributed by atoms with E-state index < -0.39 is 12.1 Å². The van der Waals surface area contributed by atoms with Gasteiger partial charge in [-0.15, -0.1) is 0 Å². The number of hydrogen-bond acceptors (Lipinski definition) is 4. The van der Waals surface area contributed by atoms with Crippen LogP contribution in [0.5, 0.6) is 0 Å². The van der Waals surface area contributed by atoms with Crippen molar-refractivity contribution in [1.29, 1.82) is 0 Å². The van der Waals surface area contributed by atoms with E-state index in [1.165, 1.54) is 12.0 Å². The Labute approximate surface area is 148 Å². The summed E-state index contributed by atoms with van der Waals surface area (Å²) in [7, 11) is 1.31. The van der Waals surface area contributed by atoms with Crippen molar-refractivity contribution < 1.29 is 14.3 Å². The van der Waals surface area contributed by atoms with Crippen molar-refractivity contribution in [1.82, 2.24) is 9.88 Å². The molecule has 3 rings (SSSR count). The number of nitrogens with zero attached hydrogens (tertiary/aromatic N) is 2. The average Bonchev–Trinajstić information content (AvgIpc) is 2.60. The highest BCUT2D eigenvalue weighted by Gasteiger charge is 2.36. The molecule has 0 fully saturated rings. The number of carbonyl (C=O) groups is 2. The minimum absolute atomic E-state index is 0.321. The molecule has 0 bridgehead atoms. The zero-order valence-corrected chi connectivity index (χ0v) is 14.6. The lowest BCUT2D eigenvalue weighted by molar-refractivity contribution is -0.121. The third-order valence-corrected chi connectivity index (χ3v) is 4.40. The van der Waals surface area contributed by atoms with Crippen LogP contribution in [0.1, 0.15) is 17.2 Å². The third-order valence-electron chi connectivity index (χ3n) is 3.91. The Morgan fingerprint density at radius 2 is 2.17 bits per heavy atom. The van der Waals surface area contributed by atoms with E-state index in [1.54, 1.807) is 24.4 Å². The fourth-order valence-corrected chi connectivity index (χ4v) is 3.19. The van der Waals surface area contributed by atoms with Gasteiger partial charge in [0.2, 0.25) is 0 Å². The monoisotopic (exact) mass is 389 g/mol. The summed E-state index contributed by atoms with van der Waals surface area (Å²) in [5, 5.41) is 2.77. The Hall–Kier alpha value is -2.41. The first-order valence-electron chi connectivity index (χ1n) is 7.45. The maximum atomic E-state index is 12.9. The summed E-state index contributed by atoms with van der Waals surface area (Å²) in [4.78, 5) is 30.5. The van der Waals surface area contributed by atoms with Gasteiger partial charge >= 0.3 is 6.09 Å². The Kier molecular flexibility index (Phi) is 4.80. The smallest absolute Gasteiger partial charge is 0.410 e. The molecule has 1 aromatic carbocycles. The number of amides is 2. The minimum Gasteiger partial charge on any atom is -0.453 e. The van der Waals surface area contributed by atoms with E-state index in [1.807, 2.05) is 18.2 Å². The fourth-order valence-electron chi connectivity index (χ4n) is 2.81. The van der Waals surface area contributed by atoms with Crippen LogP contribution in [0.25, 0.3) is 0 Å². The highest BCUT2D eigenvalue weighted by Crippen LogP contribution is 2.33. The first-order chi connectivity index (χ1) is 11.6. The number of benzene rings is 1. The highest BCUT2D eigenvalue weighted by molar-refractivity contribution is 9.10. The summed E-state index contributed by atoms with van der Waals surface area (Å²) in [5.74, 6) is 0.118. The Balaban J connectivity index is 1.97. The predicted molar refractivity (Wildman–Crippen MR) is 92.6 cm³/mol. The molecule has 2 amide bonds. The summed E-state index contributed by atoms with van der Waals surface area (Å²) >= 11 is 3.43. The lowest BCUT2D eigenvalue weighted by Gasteiger charge is -2.35. The molecular weight excluding hydrogens is 374 g/mol. The van der Waals surface area contributed by atoms with Crippen LogP contribution in [0.4, 0.5) is 10.6 Å². The second-order valence-electron chi connectivity index (χ2n) is 5.36. The number of rotatable bonds is 2. The van der Waals surface area contributed by atoms with Crippen molar-refractivity contribution in [3.05, 3.63) is 58.2 Å². The van der Waals surface area contributed by atoms with Gasteiger partial charge in [-0.3, -0.25) is 9.69 Å². The number of carbonyl (C=O) groups excluding carboxylic acids is 2. The average molecular weight is 390 g/mol. The van der Waals surface area contributed by atoms with Crippen LogP contribution in [-0.2, 0) is 16.0 Å². The Morgan fingerprint density at radius 1 is 1.33 bits per heavy atom. The molecule has 1 aromatic heterocycles. The van der Waals surface area contributed by atoms with Crippen LogP contribution < -0.4 is 5.32 Å². The van der Waals surface area contributed by atoms with E-state index in [0.29, 0.717) is 18.8 Å². The molecule has 7 heteroatoms. The highest BCUT2D eigenvalue weighted by atomic mass is 79.9. The summed E-state index contributed by atoms with van der Waals surface area (Å²) < 4.78 is 5.70. The van der Waals surface area contributed by atoms with Crippen LogP contribution in [0.3, 0.4) is 0 Å². The number of hydrogen-bond donors (Lipinski definition) is 1. The molecule has 1 aliphatic rings. The van der Waals surface area contributed by atoms with Gasteiger partial charge in [0, 0.05) is 17.2 Å². The van der Waals surface area contributed by atoms with Crippen molar-refractivity contribution in [2.75, 3.05) is 19.0 Å². The number of ether oxygens (including phenoxy) is 1. The number of nitrogens with one attached hydrogen (secondary N) is 1. The molecule has 2 aromatic rings. The Bertz CT molecular complexity index is 767. The molecule has 6 nitrogen and oxygen atoms in total. The molecule has 1 unspecified atom stereocenters. The lowest BCUT2D eigenvalue weighted by Crippen LogP contribution is -2.45. The van der Waals surface area contributed by atoms with Crippen LogP contribution in [0.2, 0.25) is 0 Å². The third kappa shape index (κ3) is 3.26. The zero-order valence-electron chi connectivity index (χ0n) is 13.0. The quantitative estimate of drug-likeness (QED) is 0.855. The standard InChI is InChI=1S/C17H16BrN3O3/c1-24-17(23)21-9-7-11-5-6-12(18)10-13(11)15(21)16(22)20-14-4-2-3-8-19-14/h2-6,8,10,15H,7,9H2,1H3,(H,19,20,22). The van der Waals surface area contributed by atoms with Gasteiger partial charge in [0.05, 0.1) is 7.11 Å². The normalized spacial score (nSPS) is 16.2. The molecular formula is C17H16BrN3O3. The van der Waals surface area contributed by atoms with Gasteiger partial charge in [-0.2, -0.15) is 0 Å². The second-order valence-corrected chi connectivity index (χ2v) is 6.28. The van der Waals surface area contributed by atoms with Crippen molar-refractivity contribution in [3.63, 3.8) is 0 Å². The largest absolute Gasteiger partial charge is 0.453 e. The predicted octanol–water partition coefficient (Wildman–Crippen LogP) is 3.15. The number of aromatic nitrogens is 1. The van der Waals surface area contributed by atoms with Gasteiger partial charge < -0.3 is 10.1 Å². The fraction of sp³-hybridized carbons (Fsp3) is 0.235. The lowest BCUT2D eigenvalue weighted by atomic mass is 9.92. The topological polar surface area (TPSA) is 71.5 Å². The van der Waals surface area contributed by atoms with Gasteiger partial charge in [0.15, 0.2) is 0 Å². The molecule has 24 heavy (non-hydrogen) atoms. The molecule has 124 valence electrons. The molecule has 0 aliphatic carbocycles. The number of halogens is 1. The molecule has 2 heterocycles. The van der Waals surface area contributed by atoms with E-state index in [0.717, 1.165) is 15.6 Å². The van der Waals surface area contributed by atoms with Crippen molar-refractivity contribution in [3.8, 4) is 0 Å². The number of anilines is 1. The van der Waals surface area contributed by atoms with Crippen LogP contribution >= 0.6 is 15.9 Å². The maximum absolute atomic E-state index is 12.9. The van der Waals surface area contributed by atoms with Crippen LogP contribution in [-0.4, -0.2) is 35.5 Å². The summed E-state index contributed by atoms with van der Waals surface area (Å²) in [6, 6.07) is 10.3. The van der Waals surface area contributed by atoms with Crippen molar-refractivity contribution >= 4 is 33.7 Å². The summed E-state index contributed by atoms with van der Waals surface area (Å²) in [5.41, 5.74) is 1.83. The molecule has 0 saturated heterocycles. The first kappa shape index (κ1) is 16.4. The number of pyridine rings is 1. The van der Waals surface area contributed by atoms with E-state index >= 15 is 0 Å². The zero-order chi connectivity index (χ0) is 17.1. The van der Waals surface area contributed by atoms with Gasteiger partial charge in [-0.1, -0.05) is 28.1 Å². The SMILES string of the molecule is COC(=O)N1CCc2ccc(Br)cc2C1C(=O)Nc1ccccn1. The summed E-state index contributed by atoms with van der Waals surface area (Å²) in [6.07, 6.45) is 1.74. The maximum Gasteiger partial charge on any atom is 0.410 e. The van der Waals surface area contributed by atoms with Gasteiger partial charge in [-0.25, -0.2) is 9.78 Å². The minimum atomic E-state index is -0.763. The molecule has 1 atom stereocenters. The van der Waals surface area contributed by atoms with E-state index in [-0.39, 0.29) is 5.91 Å². The molecule has 0 saturated carbocycles. The second kappa shape index (κ2) is 7.00. The van der Waals surface area contributed by atoms with E-state index in [4.69, 9.17) is 4.74 Å². The Morgan fingerprint density at radius 3 is 2.88 bits per heavy atom. The summed E-state index contributed by atoms with van der Waals surface area (Å²) in [6.45, 7) is 0.418. The van der Waals surface area contributed by atoms with Gasteiger partial charge in [-0.05, 0) is 41.8 Å². The number of fused-ring (bicyclic) bond motifs is 1. The van der Waals surface area contributed by atoms with Crippen molar-refractivity contribution in [2.45, 2.75) is 12.5 Å². The van der Waals surface area contributed by atoms with Crippen molar-refractivity contribution in [2.24, 2.45) is 0 Å². The number of methoxy groups -OCH3 is 1. The van der Waals surface area contributed by atoms with E-state index in [2.05, 4.69) is 26.2 Å². The molecule has 0 radical (unpaired) electrons. The van der Waals surface area contributed by atoms with Gasteiger partial charge in [0.1, 0.15) is 11.9 Å². The molecule has 1 aliphatic heterocycles. The molecule has 1 N–H and O–H groups in total.